The van der Waals surface area contributed by atoms with Crippen LogP contribution >= 0.6 is 0 Å². The number of aromatic nitrogens is 5. The fourth-order valence-electron chi connectivity index (χ4n) is 7.38. The molecule has 6 aromatic carbocycles. The molecule has 0 saturated carbocycles. The van der Waals surface area contributed by atoms with Gasteiger partial charge in [-0.2, -0.15) is 0 Å². The maximum atomic E-state index is 5.18. The Morgan fingerprint density at radius 3 is 1.76 bits per heavy atom. The Balaban J connectivity index is 1.22. The molecule has 10 aromatic rings. The zero-order chi connectivity index (χ0) is 33.0. The van der Waals surface area contributed by atoms with Gasteiger partial charge in [-0.25, -0.2) is 9.97 Å². The Bertz CT molecular complexity index is 2800. The van der Waals surface area contributed by atoms with E-state index in [1.54, 1.807) is 0 Å². The quantitative estimate of drug-likeness (QED) is 0.188. The Kier molecular flexibility index (Phi) is 6.42. The third-order valence-corrected chi connectivity index (χ3v) is 9.60. The van der Waals surface area contributed by atoms with Gasteiger partial charge in [-0.1, -0.05) is 115 Å². The van der Waals surface area contributed by atoms with Crippen molar-refractivity contribution in [1.82, 2.24) is 24.1 Å². The molecule has 0 aliphatic carbocycles. The SMILES string of the molecule is c1ccc(-c2cc(-c3ccccc3)nc(-n3c4ccc(-c5cccc6c5c5ccccc5n6-c5ccccc5)cc4c4ncccc43)n2)cc1. The van der Waals surface area contributed by atoms with Gasteiger partial charge in [0.05, 0.1) is 39.0 Å². The second kappa shape index (κ2) is 11.4. The molecule has 234 valence electrons. The fourth-order valence-corrected chi connectivity index (χ4v) is 7.38. The molecule has 0 bridgehead atoms. The van der Waals surface area contributed by atoms with Gasteiger partial charge in [-0.15, -0.1) is 0 Å². The van der Waals surface area contributed by atoms with Crippen LogP contribution in [0.5, 0.6) is 0 Å². The predicted molar refractivity (Wildman–Crippen MR) is 205 cm³/mol. The molecule has 10 rings (SSSR count). The first kappa shape index (κ1) is 28.2. The van der Waals surface area contributed by atoms with Crippen molar-refractivity contribution in [1.29, 1.82) is 0 Å². The van der Waals surface area contributed by atoms with Crippen molar-refractivity contribution < 1.29 is 0 Å². The van der Waals surface area contributed by atoms with Crippen LogP contribution in [0.4, 0.5) is 0 Å². The minimum Gasteiger partial charge on any atom is -0.309 e. The number of nitrogens with zero attached hydrogens (tertiary/aromatic N) is 5. The highest BCUT2D eigenvalue weighted by atomic mass is 15.2. The second-order valence-corrected chi connectivity index (χ2v) is 12.5. The van der Waals surface area contributed by atoms with Gasteiger partial charge in [0.25, 0.3) is 0 Å². The van der Waals surface area contributed by atoms with Crippen LogP contribution in [0.3, 0.4) is 0 Å². The lowest BCUT2D eigenvalue weighted by Crippen LogP contribution is -2.04. The summed E-state index contributed by atoms with van der Waals surface area (Å²) in [6.45, 7) is 0. The van der Waals surface area contributed by atoms with Crippen LogP contribution in [0, 0.1) is 0 Å². The van der Waals surface area contributed by atoms with E-state index < -0.39 is 0 Å². The van der Waals surface area contributed by atoms with E-state index in [4.69, 9.17) is 15.0 Å². The summed E-state index contributed by atoms with van der Waals surface area (Å²) in [6.07, 6.45) is 1.86. The molecule has 0 atom stereocenters. The summed E-state index contributed by atoms with van der Waals surface area (Å²) in [5.41, 5.74) is 12.5. The van der Waals surface area contributed by atoms with Crippen LogP contribution in [0.2, 0.25) is 0 Å². The molecule has 5 nitrogen and oxygen atoms in total. The van der Waals surface area contributed by atoms with Gasteiger partial charge in [-0.3, -0.25) is 9.55 Å². The lowest BCUT2D eigenvalue weighted by atomic mass is 9.98. The predicted octanol–water partition coefficient (Wildman–Crippen LogP) is 11.1. The number of para-hydroxylation sites is 2. The maximum Gasteiger partial charge on any atom is 0.235 e. The van der Waals surface area contributed by atoms with Crippen molar-refractivity contribution in [2.75, 3.05) is 0 Å². The van der Waals surface area contributed by atoms with E-state index >= 15 is 0 Å². The molecule has 5 heteroatoms. The number of rotatable bonds is 5. The first-order valence-corrected chi connectivity index (χ1v) is 16.8. The highest BCUT2D eigenvalue weighted by Gasteiger charge is 2.20. The van der Waals surface area contributed by atoms with E-state index in [0.717, 1.165) is 55.7 Å². The molecule has 4 heterocycles. The molecule has 0 aliphatic heterocycles. The first-order chi connectivity index (χ1) is 24.8. The molecule has 4 aromatic heterocycles. The topological polar surface area (TPSA) is 48.5 Å². The highest BCUT2D eigenvalue weighted by Crippen LogP contribution is 2.40. The van der Waals surface area contributed by atoms with Crippen LogP contribution in [0.25, 0.3) is 89.0 Å². The molecule has 0 amide bonds. The van der Waals surface area contributed by atoms with Crippen LogP contribution in [-0.4, -0.2) is 24.1 Å². The van der Waals surface area contributed by atoms with E-state index in [2.05, 4.69) is 137 Å². The maximum absolute atomic E-state index is 5.18. The lowest BCUT2D eigenvalue weighted by Gasteiger charge is -2.12. The molecule has 0 saturated heterocycles. The van der Waals surface area contributed by atoms with Crippen molar-refractivity contribution in [2.24, 2.45) is 0 Å². The van der Waals surface area contributed by atoms with Crippen LogP contribution in [-0.2, 0) is 0 Å². The number of pyridine rings is 1. The summed E-state index contributed by atoms with van der Waals surface area (Å²) in [7, 11) is 0. The zero-order valence-electron chi connectivity index (χ0n) is 27.0. The van der Waals surface area contributed by atoms with Gasteiger partial charge < -0.3 is 4.57 Å². The van der Waals surface area contributed by atoms with E-state index in [-0.39, 0.29) is 0 Å². The van der Waals surface area contributed by atoms with E-state index in [1.807, 2.05) is 48.7 Å². The largest absolute Gasteiger partial charge is 0.309 e. The summed E-state index contributed by atoms with van der Waals surface area (Å²) in [5.74, 6) is 0.610. The van der Waals surface area contributed by atoms with Gasteiger partial charge in [0, 0.05) is 39.2 Å². The Morgan fingerprint density at radius 1 is 0.400 bits per heavy atom. The van der Waals surface area contributed by atoms with Crippen molar-refractivity contribution in [3.63, 3.8) is 0 Å². The second-order valence-electron chi connectivity index (χ2n) is 12.5. The molecular weight excluding hydrogens is 611 g/mol. The third-order valence-electron chi connectivity index (χ3n) is 9.60. The summed E-state index contributed by atoms with van der Waals surface area (Å²) in [6, 6.07) is 59.4. The van der Waals surface area contributed by atoms with Crippen LogP contribution in [0.15, 0.2) is 176 Å². The average molecular weight is 640 g/mol. The fraction of sp³-hybridized carbons (Fsp3) is 0. The van der Waals surface area contributed by atoms with Crippen molar-refractivity contribution in [3.05, 3.63) is 176 Å². The third kappa shape index (κ3) is 4.45. The number of hydrogen-bond donors (Lipinski definition) is 0. The Hall–Kier alpha value is -6.85. The van der Waals surface area contributed by atoms with E-state index in [0.29, 0.717) is 5.95 Å². The Labute approximate surface area is 288 Å². The van der Waals surface area contributed by atoms with E-state index in [9.17, 15) is 0 Å². The molecule has 0 aliphatic rings. The molecule has 0 N–H and O–H groups in total. The summed E-state index contributed by atoms with van der Waals surface area (Å²) >= 11 is 0. The minimum absolute atomic E-state index is 0.610. The summed E-state index contributed by atoms with van der Waals surface area (Å²) in [5, 5.41) is 3.51. The minimum atomic E-state index is 0.610. The summed E-state index contributed by atoms with van der Waals surface area (Å²) in [4.78, 5) is 15.3. The van der Waals surface area contributed by atoms with Gasteiger partial charge in [0.15, 0.2) is 0 Å². The van der Waals surface area contributed by atoms with Crippen LogP contribution in [0.1, 0.15) is 0 Å². The van der Waals surface area contributed by atoms with Crippen molar-refractivity contribution >= 4 is 43.7 Å². The summed E-state index contributed by atoms with van der Waals surface area (Å²) < 4.78 is 4.52. The van der Waals surface area contributed by atoms with Gasteiger partial charge in [0.1, 0.15) is 0 Å². The number of hydrogen-bond acceptors (Lipinski definition) is 3. The molecule has 50 heavy (non-hydrogen) atoms. The van der Waals surface area contributed by atoms with Gasteiger partial charge in [0.2, 0.25) is 5.95 Å². The lowest BCUT2D eigenvalue weighted by molar-refractivity contribution is 0.994. The standard InChI is InChI=1S/C45H29N5/c1-4-14-30(15-5-1)37-29-38(31-16-6-2-7-17-31)48-45(47-37)50-40-26-25-32(28-36(40)44-42(50)24-13-27-46-44)34-21-12-23-41-43(34)35-20-10-11-22-39(35)49(41)33-18-8-3-9-19-33/h1-29H. The van der Waals surface area contributed by atoms with Gasteiger partial charge >= 0.3 is 0 Å². The smallest absolute Gasteiger partial charge is 0.235 e. The normalized spacial score (nSPS) is 11.6. The Morgan fingerprint density at radius 2 is 1.02 bits per heavy atom. The number of benzene rings is 6. The first-order valence-electron chi connectivity index (χ1n) is 16.8. The van der Waals surface area contributed by atoms with E-state index in [1.165, 1.54) is 27.4 Å². The number of fused-ring (bicyclic) bond motifs is 6. The molecule has 0 radical (unpaired) electrons. The molecular formula is C45H29N5. The molecule has 0 unspecified atom stereocenters. The van der Waals surface area contributed by atoms with Crippen LogP contribution < -0.4 is 0 Å². The highest BCUT2D eigenvalue weighted by molar-refractivity contribution is 6.17. The van der Waals surface area contributed by atoms with Crippen molar-refractivity contribution in [2.45, 2.75) is 0 Å². The monoisotopic (exact) mass is 639 g/mol. The molecule has 0 fully saturated rings. The van der Waals surface area contributed by atoms with Crippen molar-refractivity contribution in [3.8, 4) is 45.3 Å². The zero-order valence-corrected chi connectivity index (χ0v) is 27.0. The average Bonchev–Trinajstić information content (AvgIpc) is 3.71. The molecule has 0 spiro atoms. The van der Waals surface area contributed by atoms with Gasteiger partial charge in [-0.05, 0) is 65.7 Å².